The van der Waals surface area contributed by atoms with Gasteiger partial charge in [-0.25, -0.2) is 4.99 Å². The number of ketones is 1. The topological polar surface area (TPSA) is 77.1 Å². The van der Waals surface area contributed by atoms with Crippen LogP contribution in [0.15, 0.2) is 29.3 Å². The van der Waals surface area contributed by atoms with Crippen LogP contribution in [0.25, 0.3) is 0 Å². The maximum absolute atomic E-state index is 11.9. The van der Waals surface area contributed by atoms with Crippen molar-refractivity contribution in [3.8, 4) is 6.07 Å². The molecule has 1 aliphatic heterocycles. The molecule has 20 heavy (non-hydrogen) atoms. The summed E-state index contributed by atoms with van der Waals surface area (Å²) < 4.78 is 0.844. The number of para-hydroxylation sites is 1. The third-order valence-corrected chi connectivity index (χ3v) is 5.04. The molecule has 1 aromatic carbocycles. The Morgan fingerprint density at radius 1 is 1.60 bits per heavy atom. The van der Waals surface area contributed by atoms with Gasteiger partial charge < -0.3 is 5.41 Å². The highest BCUT2D eigenvalue weighted by Gasteiger charge is 2.21. The SMILES string of the molecule is CC(=N)C(C#N)C(=O)CSC1=Nc2ccccc2CS1. The Bertz CT molecular complexity index is 619. The summed E-state index contributed by atoms with van der Waals surface area (Å²) in [7, 11) is 0. The van der Waals surface area contributed by atoms with E-state index in [0.717, 1.165) is 15.8 Å². The highest BCUT2D eigenvalue weighted by molar-refractivity contribution is 8.38. The zero-order chi connectivity index (χ0) is 14.5. The van der Waals surface area contributed by atoms with E-state index in [2.05, 4.69) is 4.99 Å². The van der Waals surface area contributed by atoms with Crippen LogP contribution in [0, 0.1) is 22.7 Å². The standard InChI is InChI=1S/C14H13N3OS2/c1-9(16)11(6-15)13(18)8-20-14-17-12-5-3-2-4-10(12)7-19-14/h2-5,11,16H,7-8H2,1H3. The summed E-state index contributed by atoms with van der Waals surface area (Å²) >= 11 is 2.95. The van der Waals surface area contributed by atoms with E-state index in [1.807, 2.05) is 30.3 Å². The van der Waals surface area contributed by atoms with Crippen molar-refractivity contribution in [1.82, 2.24) is 0 Å². The number of carbonyl (C=O) groups excluding carboxylic acids is 1. The Labute approximate surface area is 126 Å². The van der Waals surface area contributed by atoms with E-state index in [-0.39, 0.29) is 17.2 Å². The third kappa shape index (κ3) is 3.50. The average Bonchev–Trinajstić information content (AvgIpc) is 2.45. The van der Waals surface area contributed by atoms with Gasteiger partial charge in [-0.2, -0.15) is 5.26 Å². The molecule has 2 rings (SSSR count). The molecular weight excluding hydrogens is 290 g/mol. The number of rotatable bonds is 4. The second-order valence-electron chi connectivity index (χ2n) is 4.30. The Morgan fingerprint density at radius 2 is 2.35 bits per heavy atom. The Hall–Kier alpha value is -1.58. The van der Waals surface area contributed by atoms with Crippen molar-refractivity contribution in [2.75, 3.05) is 5.75 Å². The molecule has 102 valence electrons. The summed E-state index contributed by atoms with van der Waals surface area (Å²) in [6.07, 6.45) is 0. The molecule has 1 heterocycles. The predicted molar refractivity (Wildman–Crippen MR) is 84.8 cm³/mol. The summed E-state index contributed by atoms with van der Waals surface area (Å²) in [5, 5.41) is 16.3. The first-order valence-electron chi connectivity index (χ1n) is 6.01. The quantitative estimate of drug-likeness (QED) is 0.865. The molecule has 1 N–H and O–H groups in total. The molecule has 1 atom stereocenters. The maximum atomic E-state index is 11.9. The lowest BCUT2D eigenvalue weighted by molar-refractivity contribution is -0.117. The van der Waals surface area contributed by atoms with Gasteiger partial charge in [0.25, 0.3) is 0 Å². The van der Waals surface area contributed by atoms with Crippen LogP contribution in [0.3, 0.4) is 0 Å². The molecule has 1 unspecified atom stereocenters. The predicted octanol–water partition coefficient (Wildman–Crippen LogP) is 3.40. The summed E-state index contributed by atoms with van der Waals surface area (Å²) in [6.45, 7) is 1.49. The minimum atomic E-state index is -0.927. The van der Waals surface area contributed by atoms with Crippen molar-refractivity contribution >= 4 is 45.1 Å². The van der Waals surface area contributed by atoms with Gasteiger partial charge in [0, 0.05) is 11.5 Å². The maximum Gasteiger partial charge on any atom is 0.165 e. The number of Topliss-reactive ketones (excluding diaryl/α,β-unsaturated/α-hetero) is 1. The number of carbonyl (C=O) groups is 1. The lowest BCUT2D eigenvalue weighted by atomic mass is 10.0. The molecule has 0 spiro atoms. The molecule has 0 radical (unpaired) electrons. The number of hydrogen-bond acceptors (Lipinski definition) is 6. The average molecular weight is 303 g/mol. The first-order valence-corrected chi connectivity index (χ1v) is 7.98. The zero-order valence-corrected chi connectivity index (χ0v) is 12.6. The van der Waals surface area contributed by atoms with Gasteiger partial charge in [-0.3, -0.25) is 4.79 Å². The van der Waals surface area contributed by atoms with Gasteiger partial charge >= 0.3 is 0 Å². The normalized spacial score (nSPS) is 14.7. The van der Waals surface area contributed by atoms with Crippen molar-refractivity contribution in [2.45, 2.75) is 12.7 Å². The van der Waals surface area contributed by atoms with Gasteiger partial charge in [0.2, 0.25) is 0 Å². The lowest BCUT2D eigenvalue weighted by Crippen LogP contribution is -2.22. The fourth-order valence-electron chi connectivity index (χ4n) is 1.71. The van der Waals surface area contributed by atoms with Crippen molar-refractivity contribution < 1.29 is 4.79 Å². The first kappa shape index (κ1) is 14.8. The van der Waals surface area contributed by atoms with E-state index >= 15 is 0 Å². The van der Waals surface area contributed by atoms with E-state index in [0.29, 0.717) is 0 Å². The molecule has 1 aromatic rings. The number of nitrogens with zero attached hydrogens (tertiary/aromatic N) is 2. The van der Waals surface area contributed by atoms with Crippen LogP contribution in [0.5, 0.6) is 0 Å². The number of thioether (sulfide) groups is 2. The lowest BCUT2D eigenvalue weighted by Gasteiger charge is -2.14. The van der Waals surface area contributed by atoms with E-state index in [4.69, 9.17) is 10.7 Å². The van der Waals surface area contributed by atoms with Gasteiger partial charge in [-0.15, -0.1) is 0 Å². The number of aliphatic imine (C=N–C) groups is 1. The van der Waals surface area contributed by atoms with Gasteiger partial charge in [0.1, 0.15) is 10.3 Å². The van der Waals surface area contributed by atoms with Crippen LogP contribution in [0.4, 0.5) is 5.69 Å². The van der Waals surface area contributed by atoms with Crippen LogP contribution in [0.2, 0.25) is 0 Å². The molecule has 0 amide bonds. The molecule has 0 aromatic heterocycles. The van der Waals surface area contributed by atoms with Crippen molar-refractivity contribution in [1.29, 1.82) is 10.7 Å². The highest BCUT2D eigenvalue weighted by atomic mass is 32.2. The minimum absolute atomic E-state index is 0.0988. The van der Waals surface area contributed by atoms with Gasteiger partial charge in [0.15, 0.2) is 5.78 Å². The summed E-state index contributed by atoms with van der Waals surface area (Å²) in [4.78, 5) is 16.4. The first-order chi connectivity index (χ1) is 9.61. The van der Waals surface area contributed by atoms with Gasteiger partial charge in [0.05, 0.1) is 17.5 Å². The van der Waals surface area contributed by atoms with Crippen LogP contribution in [0.1, 0.15) is 12.5 Å². The molecule has 0 bridgehead atoms. The van der Waals surface area contributed by atoms with Crippen molar-refractivity contribution in [2.24, 2.45) is 10.9 Å². The smallest absolute Gasteiger partial charge is 0.165 e. The van der Waals surface area contributed by atoms with Gasteiger partial charge in [-0.05, 0) is 18.6 Å². The minimum Gasteiger partial charge on any atom is -0.308 e. The number of nitriles is 1. The molecular formula is C14H13N3OS2. The zero-order valence-electron chi connectivity index (χ0n) is 10.9. The van der Waals surface area contributed by atoms with Crippen LogP contribution < -0.4 is 0 Å². The van der Waals surface area contributed by atoms with Crippen molar-refractivity contribution in [3.05, 3.63) is 29.8 Å². The number of nitrogens with one attached hydrogen (secondary N) is 1. The molecule has 0 fully saturated rings. The van der Waals surface area contributed by atoms with Gasteiger partial charge in [-0.1, -0.05) is 41.7 Å². The molecule has 0 aliphatic carbocycles. The van der Waals surface area contributed by atoms with E-state index in [1.165, 1.54) is 24.2 Å². The Kier molecular flexibility index (Phi) is 4.99. The molecule has 1 aliphatic rings. The van der Waals surface area contributed by atoms with Crippen molar-refractivity contribution in [3.63, 3.8) is 0 Å². The monoisotopic (exact) mass is 303 g/mol. The summed E-state index contributed by atoms with van der Waals surface area (Å²) in [6, 6.07) is 9.80. The number of benzene rings is 1. The third-order valence-electron chi connectivity index (χ3n) is 2.78. The molecule has 0 saturated heterocycles. The van der Waals surface area contributed by atoms with Crippen LogP contribution >= 0.6 is 23.5 Å². The molecule has 0 saturated carbocycles. The van der Waals surface area contributed by atoms with Crippen LogP contribution in [-0.2, 0) is 10.5 Å². The molecule has 6 heteroatoms. The second-order valence-corrected chi connectivity index (χ2v) is 6.48. The fourth-order valence-corrected chi connectivity index (χ4v) is 3.68. The summed E-state index contributed by atoms with van der Waals surface area (Å²) in [5.74, 6) is -0.125. The number of hydrogen-bond donors (Lipinski definition) is 1. The highest BCUT2D eigenvalue weighted by Crippen LogP contribution is 2.34. The van der Waals surface area contributed by atoms with Crippen LogP contribution in [-0.4, -0.2) is 21.6 Å². The summed E-state index contributed by atoms with van der Waals surface area (Å²) in [5.41, 5.74) is 2.24. The van der Waals surface area contributed by atoms with E-state index in [9.17, 15) is 4.79 Å². The fraction of sp³-hybridized carbons (Fsp3) is 0.286. The van der Waals surface area contributed by atoms with E-state index in [1.54, 1.807) is 11.8 Å². The largest absolute Gasteiger partial charge is 0.308 e. The van der Waals surface area contributed by atoms with E-state index < -0.39 is 5.92 Å². The number of fused-ring (bicyclic) bond motifs is 1. The Balaban J connectivity index is 1.99. The Morgan fingerprint density at radius 3 is 3.05 bits per heavy atom. The molecule has 4 nitrogen and oxygen atoms in total. The second kappa shape index (κ2) is 6.73.